The minimum Gasteiger partial charge on any atom is -0.376 e. The number of primary amides is 1. The number of benzene rings is 1. The molecule has 20 heavy (non-hydrogen) atoms. The Balaban J connectivity index is 1.85. The minimum atomic E-state index is -0.499. The van der Waals surface area contributed by atoms with Crippen molar-refractivity contribution in [1.82, 2.24) is 5.32 Å². The third kappa shape index (κ3) is 3.98. The van der Waals surface area contributed by atoms with Crippen LogP contribution in [-0.4, -0.2) is 24.4 Å². The van der Waals surface area contributed by atoms with Gasteiger partial charge in [-0.3, -0.25) is 9.59 Å². The van der Waals surface area contributed by atoms with Gasteiger partial charge in [0.1, 0.15) is 0 Å². The first kappa shape index (κ1) is 14.4. The van der Waals surface area contributed by atoms with Gasteiger partial charge in [-0.05, 0) is 25.0 Å². The first-order valence-corrected chi connectivity index (χ1v) is 7.09. The van der Waals surface area contributed by atoms with Gasteiger partial charge in [-0.25, -0.2) is 0 Å². The van der Waals surface area contributed by atoms with Crippen LogP contribution >= 0.6 is 0 Å². The van der Waals surface area contributed by atoms with E-state index in [-0.39, 0.29) is 12.5 Å². The van der Waals surface area contributed by atoms with E-state index in [0.29, 0.717) is 17.3 Å². The van der Waals surface area contributed by atoms with Crippen LogP contribution in [0, 0.1) is 0 Å². The summed E-state index contributed by atoms with van der Waals surface area (Å²) >= 11 is 0. The third-order valence-electron chi connectivity index (χ3n) is 3.60. The molecule has 5 heteroatoms. The maximum atomic E-state index is 11.9. The van der Waals surface area contributed by atoms with Crippen molar-refractivity contribution in [2.45, 2.75) is 38.1 Å². The Morgan fingerprint density at radius 1 is 1.15 bits per heavy atom. The summed E-state index contributed by atoms with van der Waals surface area (Å²) in [5.74, 6) is -0.544. The van der Waals surface area contributed by atoms with Gasteiger partial charge in [0.15, 0.2) is 0 Å². The zero-order valence-corrected chi connectivity index (χ0v) is 11.5. The largest absolute Gasteiger partial charge is 0.376 e. The molecule has 1 fully saturated rings. The highest BCUT2D eigenvalue weighted by atomic mass is 16.2. The Morgan fingerprint density at radius 3 is 2.55 bits per heavy atom. The minimum absolute atomic E-state index is 0.0452. The predicted molar refractivity (Wildman–Crippen MR) is 78.5 cm³/mol. The van der Waals surface area contributed by atoms with E-state index in [1.54, 1.807) is 24.3 Å². The molecule has 0 heterocycles. The highest BCUT2D eigenvalue weighted by molar-refractivity contribution is 5.99. The summed E-state index contributed by atoms with van der Waals surface area (Å²) in [7, 11) is 0. The van der Waals surface area contributed by atoms with E-state index < -0.39 is 5.91 Å². The monoisotopic (exact) mass is 275 g/mol. The Hall–Kier alpha value is -2.04. The van der Waals surface area contributed by atoms with Crippen LogP contribution in [0.25, 0.3) is 0 Å². The van der Waals surface area contributed by atoms with Crippen molar-refractivity contribution in [3.05, 3.63) is 29.8 Å². The lowest BCUT2D eigenvalue weighted by Crippen LogP contribution is -2.39. The van der Waals surface area contributed by atoms with Gasteiger partial charge in [0.25, 0.3) is 5.91 Å². The van der Waals surface area contributed by atoms with E-state index in [9.17, 15) is 9.59 Å². The molecule has 108 valence electrons. The maximum absolute atomic E-state index is 11.9. The van der Waals surface area contributed by atoms with Gasteiger partial charge in [0.05, 0.1) is 12.1 Å². The van der Waals surface area contributed by atoms with Crippen molar-refractivity contribution >= 4 is 17.5 Å². The molecule has 1 saturated carbocycles. The lowest BCUT2D eigenvalue weighted by Gasteiger charge is -2.23. The van der Waals surface area contributed by atoms with Crippen molar-refractivity contribution in [2.75, 3.05) is 11.9 Å². The Bertz CT molecular complexity index is 482. The number of amides is 2. The molecule has 0 bridgehead atoms. The molecule has 0 aliphatic heterocycles. The Morgan fingerprint density at radius 2 is 1.85 bits per heavy atom. The van der Waals surface area contributed by atoms with Crippen LogP contribution in [0.2, 0.25) is 0 Å². The number of nitrogens with one attached hydrogen (secondary N) is 2. The van der Waals surface area contributed by atoms with Gasteiger partial charge in [-0.1, -0.05) is 31.4 Å². The number of hydrogen-bond acceptors (Lipinski definition) is 3. The first-order chi connectivity index (χ1) is 9.66. The van der Waals surface area contributed by atoms with Gasteiger partial charge in [-0.15, -0.1) is 0 Å². The molecule has 0 saturated heterocycles. The lowest BCUT2D eigenvalue weighted by atomic mass is 9.95. The fraction of sp³-hybridized carbons (Fsp3) is 0.467. The number of anilines is 1. The third-order valence-corrected chi connectivity index (χ3v) is 3.60. The lowest BCUT2D eigenvalue weighted by molar-refractivity contribution is -0.120. The van der Waals surface area contributed by atoms with Crippen LogP contribution in [0.1, 0.15) is 42.5 Å². The van der Waals surface area contributed by atoms with Crippen molar-refractivity contribution in [3.8, 4) is 0 Å². The van der Waals surface area contributed by atoms with Crippen LogP contribution in [0.4, 0.5) is 5.69 Å². The summed E-state index contributed by atoms with van der Waals surface area (Å²) in [6, 6.07) is 7.23. The normalized spacial score (nSPS) is 15.6. The fourth-order valence-electron chi connectivity index (χ4n) is 2.55. The highest BCUT2D eigenvalue weighted by Gasteiger charge is 2.15. The van der Waals surface area contributed by atoms with E-state index in [1.807, 2.05) is 0 Å². The van der Waals surface area contributed by atoms with Crippen LogP contribution in [0.3, 0.4) is 0 Å². The molecular weight excluding hydrogens is 254 g/mol. The first-order valence-electron chi connectivity index (χ1n) is 7.09. The number of carbonyl (C=O) groups is 2. The number of rotatable bonds is 5. The molecular formula is C15H21N3O2. The van der Waals surface area contributed by atoms with Crippen molar-refractivity contribution in [3.63, 3.8) is 0 Å². The van der Waals surface area contributed by atoms with Gasteiger partial charge < -0.3 is 16.4 Å². The second kappa shape index (κ2) is 6.93. The van der Waals surface area contributed by atoms with Gasteiger partial charge in [0, 0.05) is 11.7 Å². The number of para-hydroxylation sites is 1. The predicted octanol–water partition coefficient (Wildman–Crippen LogP) is 1.65. The molecule has 2 rings (SSSR count). The van der Waals surface area contributed by atoms with Crippen LogP contribution in [0.5, 0.6) is 0 Å². The zero-order chi connectivity index (χ0) is 14.4. The average molecular weight is 275 g/mol. The summed E-state index contributed by atoms with van der Waals surface area (Å²) in [4.78, 5) is 23.1. The Labute approximate surface area is 118 Å². The van der Waals surface area contributed by atoms with Crippen molar-refractivity contribution in [2.24, 2.45) is 5.73 Å². The molecule has 0 spiro atoms. The Kier molecular flexibility index (Phi) is 4.98. The second-order valence-electron chi connectivity index (χ2n) is 5.17. The van der Waals surface area contributed by atoms with Gasteiger partial charge >= 0.3 is 0 Å². The number of carbonyl (C=O) groups excluding carboxylic acids is 2. The van der Waals surface area contributed by atoms with Gasteiger partial charge in [-0.2, -0.15) is 0 Å². The summed E-state index contributed by atoms with van der Waals surface area (Å²) in [6.45, 7) is 0.154. The molecule has 0 unspecified atom stereocenters. The molecule has 1 aromatic carbocycles. The molecule has 4 N–H and O–H groups in total. The smallest absolute Gasteiger partial charge is 0.250 e. The van der Waals surface area contributed by atoms with Crippen molar-refractivity contribution < 1.29 is 9.59 Å². The van der Waals surface area contributed by atoms with E-state index in [1.165, 1.54) is 19.3 Å². The maximum Gasteiger partial charge on any atom is 0.250 e. The van der Waals surface area contributed by atoms with E-state index in [0.717, 1.165) is 12.8 Å². The summed E-state index contributed by atoms with van der Waals surface area (Å²) in [5.41, 5.74) is 6.29. The van der Waals surface area contributed by atoms with Gasteiger partial charge in [0.2, 0.25) is 5.91 Å². The van der Waals surface area contributed by atoms with Crippen molar-refractivity contribution in [1.29, 1.82) is 0 Å². The summed E-state index contributed by atoms with van der Waals surface area (Å²) in [6.07, 6.45) is 5.75. The fourth-order valence-corrected chi connectivity index (χ4v) is 2.55. The second-order valence-corrected chi connectivity index (χ2v) is 5.17. The zero-order valence-electron chi connectivity index (χ0n) is 11.5. The van der Waals surface area contributed by atoms with E-state index in [4.69, 9.17) is 5.73 Å². The SMILES string of the molecule is NC(=O)c1ccccc1NCC(=O)NC1CCCCC1. The number of hydrogen-bond donors (Lipinski definition) is 3. The molecule has 1 aliphatic carbocycles. The molecule has 5 nitrogen and oxygen atoms in total. The average Bonchev–Trinajstić information content (AvgIpc) is 2.46. The van der Waals surface area contributed by atoms with Crippen LogP contribution in [-0.2, 0) is 4.79 Å². The highest BCUT2D eigenvalue weighted by Crippen LogP contribution is 2.17. The number of nitrogens with two attached hydrogens (primary N) is 1. The molecule has 2 amide bonds. The quantitative estimate of drug-likeness (QED) is 0.764. The molecule has 0 radical (unpaired) electrons. The van der Waals surface area contributed by atoms with E-state index >= 15 is 0 Å². The molecule has 1 aliphatic rings. The summed E-state index contributed by atoms with van der Waals surface area (Å²) in [5, 5.41) is 5.99. The topological polar surface area (TPSA) is 84.2 Å². The standard InChI is InChI=1S/C15H21N3O2/c16-15(20)12-8-4-5-9-13(12)17-10-14(19)18-11-6-2-1-3-7-11/h4-5,8-9,11,17H,1-3,6-7,10H2,(H2,16,20)(H,18,19). The molecule has 1 aromatic rings. The molecule has 0 atom stereocenters. The molecule has 0 aromatic heterocycles. The summed E-state index contributed by atoms with van der Waals surface area (Å²) < 4.78 is 0. The van der Waals surface area contributed by atoms with E-state index in [2.05, 4.69) is 10.6 Å². The van der Waals surface area contributed by atoms with Crippen LogP contribution < -0.4 is 16.4 Å². The van der Waals surface area contributed by atoms with Crippen LogP contribution in [0.15, 0.2) is 24.3 Å².